The number of hydrogen-bond acceptors (Lipinski definition) is 6. The van der Waals surface area contributed by atoms with Gasteiger partial charge in [0.25, 0.3) is 0 Å². The van der Waals surface area contributed by atoms with Crippen molar-refractivity contribution in [3.8, 4) is 0 Å². The molecule has 6 heteroatoms. The summed E-state index contributed by atoms with van der Waals surface area (Å²) in [7, 11) is 0. The van der Waals surface area contributed by atoms with Crippen LogP contribution in [-0.2, 0) is 9.59 Å². The van der Waals surface area contributed by atoms with Gasteiger partial charge in [-0.2, -0.15) is 0 Å². The highest BCUT2D eigenvalue weighted by Gasteiger charge is 2.33. The summed E-state index contributed by atoms with van der Waals surface area (Å²) in [5, 5.41) is 35.4. The minimum absolute atomic E-state index is 0.138. The maximum absolute atomic E-state index is 12.2. The fraction of sp³-hybridized carbons (Fsp3) is 0.750. The van der Waals surface area contributed by atoms with Gasteiger partial charge in [-0.05, 0) is 56.9 Å². The van der Waals surface area contributed by atoms with Crippen molar-refractivity contribution in [2.75, 3.05) is 6.61 Å². The standard InChI is InChI=1S/C22H38O5.C2H4O/c1-2-3-5-10-18(24)11-8-9-17-14-15-20(25)19(17)12-6-4-7-13-21(26)22(27)16-23;1-2-3/h13,17-19,23-24,26H,2-12,14-16H2,1H3;2-3H,1H2/t17-,18?,19+;/m0./s1. The molecule has 0 aromatic carbocycles. The number of unbranched alkanes of at least 4 members (excludes halogenated alkanes) is 4. The third-order valence-corrected chi connectivity index (χ3v) is 5.73. The van der Waals surface area contributed by atoms with Gasteiger partial charge in [0.05, 0.1) is 12.4 Å². The van der Waals surface area contributed by atoms with Crippen LogP contribution in [0.5, 0.6) is 0 Å². The van der Waals surface area contributed by atoms with Gasteiger partial charge in [0.2, 0.25) is 5.78 Å². The topological polar surface area (TPSA) is 115 Å². The van der Waals surface area contributed by atoms with Crippen molar-refractivity contribution in [3.63, 3.8) is 0 Å². The minimum Gasteiger partial charge on any atom is -0.516 e. The third kappa shape index (κ3) is 12.8. The normalized spacial score (nSPS) is 19.8. The third-order valence-electron chi connectivity index (χ3n) is 5.73. The maximum atomic E-state index is 12.2. The number of allylic oxidation sites excluding steroid dienone is 1. The quantitative estimate of drug-likeness (QED) is 0.167. The highest BCUT2D eigenvalue weighted by Crippen LogP contribution is 2.36. The summed E-state index contributed by atoms with van der Waals surface area (Å²) < 4.78 is 0. The number of rotatable bonds is 15. The second-order valence-corrected chi connectivity index (χ2v) is 8.09. The minimum atomic E-state index is -0.673. The SMILES string of the molecule is C=CO.CCCCCC(O)CCC[C@H]1CCC(=O)[C@@H]1CCCCC=C(O)C(=O)CO. The van der Waals surface area contributed by atoms with Gasteiger partial charge in [-0.15, -0.1) is 0 Å². The zero-order valence-corrected chi connectivity index (χ0v) is 18.6. The molecule has 1 saturated carbocycles. The predicted octanol–water partition coefficient (Wildman–Crippen LogP) is 4.94. The van der Waals surface area contributed by atoms with Crippen LogP contribution >= 0.6 is 0 Å². The molecule has 1 fully saturated rings. The summed E-state index contributed by atoms with van der Waals surface area (Å²) in [6.45, 7) is 4.41. The molecule has 1 aliphatic rings. The molecule has 0 aromatic heterocycles. The molecule has 1 rings (SSSR count). The van der Waals surface area contributed by atoms with Crippen LogP contribution in [0.1, 0.15) is 90.4 Å². The molecule has 30 heavy (non-hydrogen) atoms. The molecule has 0 aliphatic heterocycles. The van der Waals surface area contributed by atoms with Crippen molar-refractivity contribution < 1.29 is 30.0 Å². The Morgan fingerprint density at radius 3 is 2.47 bits per heavy atom. The Bertz CT molecular complexity index is 514. The van der Waals surface area contributed by atoms with Gasteiger partial charge in [-0.25, -0.2) is 0 Å². The predicted molar refractivity (Wildman–Crippen MR) is 119 cm³/mol. The molecular weight excluding hydrogens is 384 g/mol. The Labute approximate surface area is 181 Å². The van der Waals surface area contributed by atoms with E-state index in [0.717, 1.165) is 64.0 Å². The first-order valence-electron chi connectivity index (χ1n) is 11.4. The van der Waals surface area contributed by atoms with Gasteiger partial charge in [0.15, 0.2) is 5.76 Å². The fourth-order valence-corrected chi connectivity index (χ4v) is 4.05. The zero-order valence-electron chi connectivity index (χ0n) is 18.6. The highest BCUT2D eigenvalue weighted by atomic mass is 16.3. The monoisotopic (exact) mass is 426 g/mol. The first-order valence-corrected chi connectivity index (χ1v) is 11.4. The van der Waals surface area contributed by atoms with Crippen molar-refractivity contribution in [2.45, 2.75) is 96.5 Å². The van der Waals surface area contributed by atoms with Crippen LogP contribution in [0.25, 0.3) is 0 Å². The molecule has 6 nitrogen and oxygen atoms in total. The molecule has 4 N–H and O–H groups in total. The number of ketones is 2. The summed E-state index contributed by atoms with van der Waals surface area (Å²) in [6, 6.07) is 0. The lowest BCUT2D eigenvalue weighted by Gasteiger charge is -2.19. The van der Waals surface area contributed by atoms with Crippen molar-refractivity contribution in [2.24, 2.45) is 11.8 Å². The van der Waals surface area contributed by atoms with Crippen LogP contribution in [-0.4, -0.2) is 44.7 Å². The molecule has 3 atom stereocenters. The summed E-state index contributed by atoms with van der Waals surface area (Å²) in [5.41, 5.74) is 0. The van der Waals surface area contributed by atoms with Crippen molar-refractivity contribution in [3.05, 3.63) is 24.7 Å². The van der Waals surface area contributed by atoms with Gasteiger partial charge >= 0.3 is 0 Å². The number of Topliss-reactive ketones (excluding diaryl/α,β-unsaturated/α-hetero) is 2. The summed E-state index contributed by atoms with van der Waals surface area (Å²) in [5.74, 6) is -0.0702. The van der Waals surface area contributed by atoms with Gasteiger partial charge in [0.1, 0.15) is 12.4 Å². The van der Waals surface area contributed by atoms with E-state index in [1.165, 1.54) is 18.9 Å². The van der Waals surface area contributed by atoms with Crippen LogP contribution in [0.3, 0.4) is 0 Å². The molecule has 0 saturated heterocycles. The number of hydrogen-bond donors (Lipinski definition) is 4. The van der Waals surface area contributed by atoms with Crippen LogP contribution in [0.15, 0.2) is 24.7 Å². The average Bonchev–Trinajstić information content (AvgIpc) is 3.07. The van der Waals surface area contributed by atoms with E-state index in [1.54, 1.807) is 0 Å². The number of carbonyl (C=O) groups is 2. The maximum Gasteiger partial charge on any atom is 0.221 e. The molecule has 1 unspecified atom stereocenters. The van der Waals surface area contributed by atoms with Crippen molar-refractivity contribution in [1.82, 2.24) is 0 Å². The van der Waals surface area contributed by atoms with E-state index in [-0.39, 0.29) is 17.8 Å². The van der Waals surface area contributed by atoms with Gasteiger partial charge < -0.3 is 20.4 Å². The van der Waals surface area contributed by atoms with E-state index < -0.39 is 12.4 Å². The Balaban J connectivity index is 0.00000263. The first-order chi connectivity index (χ1) is 14.4. The summed E-state index contributed by atoms with van der Waals surface area (Å²) in [6.07, 6.45) is 14.0. The van der Waals surface area contributed by atoms with Crippen LogP contribution in [0, 0.1) is 11.8 Å². The Morgan fingerprint density at radius 2 is 1.83 bits per heavy atom. The van der Waals surface area contributed by atoms with Crippen LogP contribution < -0.4 is 0 Å². The van der Waals surface area contributed by atoms with E-state index in [4.69, 9.17) is 10.2 Å². The molecule has 1 aliphatic carbocycles. The van der Waals surface area contributed by atoms with Crippen molar-refractivity contribution >= 4 is 11.6 Å². The highest BCUT2D eigenvalue weighted by molar-refractivity contribution is 5.93. The van der Waals surface area contributed by atoms with Crippen molar-refractivity contribution in [1.29, 1.82) is 0 Å². The molecule has 0 bridgehead atoms. The Hall–Kier alpha value is -1.66. The smallest absolute Gasteiger partial charge is 0.221 e. The molecular formula is C24H42O6. The molecule has 0 amide bonds. The van der Waals surface area contributed by atoms with Crippen LogP contribution in [0.4, 0.5) is 0 Å². The Kier molecular flexibility index (Phi) is 17.1. The number of aliphatic hydroxyl groups excluding tert-OH is 4. The number of aliphatic hydroxyl groups is 4. The van der Waals surface area contributed by atoms with Crippen LogP contribution in [0.2, 0.25) is 0 Å². The largest absolute Gasteiger partial charge is 0.516 e. The second-order valence-electron chi connectivity index (χ2n) is 8.09. The summed E-state index contributed by atoms with van der Waals surface area (Å²) >= 11 is 0. The molecule has 0 aromatic rings. The van der Waals surface area contributed by atoms with Gasteiger partial charge in [-0.1, -0.05) is 45.6 Å². The zero-order chi connectivity index (χ0) is 22.8. The lowest BCUT2D eigenvalue weighted by Crippen LogP contribution is -2.16. The lowest BCUT2D eigenvalue weighted by atomic mass is 9.86. The van der Waals surface area contributed by atoms with E-state index in [0.29, 0.717) is 24.5 Å². The van der Waals surface area contributed by atoms with E-state index in [9.17, 15) is 19.8 Å². The lowest BCUT2D eigenvalue weighted by molar-refractivity contribution is -0.121. The second kappa shape index (κ2) is 18.1. The van der Waals surface area contributed by atoms with Gasteiger partial charge in [0, 0.05) is 12.3 Å². The Morgan fingerprint density at radius 1 is 1.17 bits per heavy atom. The number of carbonyl (C=O) groups excluding carboxylic acids is 2. The molecule has 0 heterocycles. The summed E-state index contributed by atoms with van der Waals surface area (Å²) in [4.78, 5) is 23.2. The molecule has 0 radical (unpaired) electrons. The molecule has 0 spiro atoms. The van der Waals surface area contributed by atoms with E-state index in [1.807, 2.05) is 0 Å². The van der Waals surface area contributed by atoms with Gasteiger partial charge in [-0.3, -0.25) is 9.59 Å². The van der Waals surface area contributed by atoms with E-state index in [2.05, 4.69) is 13.5 Å². The average molecular weight is 427 g/mol. The fourth-order valence-electron chi connectivity index (χ4n) is 4.05. The first kappa shape index (κ1) is 28.3. The molecule has 174 valence electrons. The van der Waals surface area contributed by atoms with E-state index >= 15 is 0 Å².